The minimum absolute atomic E-state index is 0.307. The first-order chi connectivity index (χ1) is 15.2. The van der Waals surface area contributed by atoms with Crippen LogP contribution in [-0.2, 0) is 11.3 Å². The summed E-state index contributed by atoms with van der Waals surface area (Å²) in [7, 11) is 0. The monoisotopic (exact) mass is 492 g/mol. The van der Waals surface area contributed by atoms with Crippen LogP contribution in [0.2, 0.25) is 0 Å². The van der Waals surface area contributed by atoms with Gasteiger partial charge in [0.15, 0.2) is 11.5 Å². The van der Waals surface area contributed by atoms with Gasteiger partial charge in [-0.1, -0.05) is 22.0 Å². The largest absolute Gasteiger partial charge is 0.491 e. The van der Waals surface area contributed by atoms with E-state index < -0.39 is 6.10 Å². The molecule has 2 aromatic rings. The van der Waals surface area contributed by atoms with Gasteiger partial charge in [-0.05, 0) is 42.0 Å². The van der Waals surface area contributed by atoms with E-state index in [1.54, 1.807) is 0 Å². The molecule has 0 bridgehead atoms. The van der Waals surface area contributed by atoms with Crippen LogP contribution < -0.4 is 14.2 Å². The van der Waals surface area contributed by atoms with Gasteiger partial charge in [-0.25, -0.2) is 0 Å². The van der Waals surface area contributed by atoms with Gasteiger partial charge >= 0.3 is 0 Å². The minimum atomic E-state index is -0.493. The maximum atomic E-state index is 10.3. The van der Waals surface area contributed by atoms with Crippen LogP contribution in [0.5, 0.6) is 17.2 Å². The van der Waals surface area contributed by atoms with Gasteiger partial charge in [0, 0.05) is 43.7 Å². The van der Waals surface area contributed by atoms with Crippen LogP contribution in [0, 0.1) is 0 Å². The van der Waals surface area contributed by atoms with Crippen LogP contribution in [0.3, 0.4) is 0 Å². The van der Waals surface area contributed by atoms with Gasteiger partial charge < -0.3 is 24.1 Å². The number of β-amino-alcohol motifs (C(OH)–C–C–N with tert-alkyl or cyclic N) is 1. The lowest BCUT2D eigenvalue weighted by molar-refractivity contribution is -0.000439. The van der Waals surface area contributed by atoms with Gasteiger partial charge in [0.05, 0.1) is 19.3 Å². The Labute approximate surface area is 191 Å². The Morgan fingerprint density at radius 1 is 0.935 bits per heavy atom. The molecule has 0 saturated carbocycles. The molecule has 8 heteroatoms. The molecule has 0 radical (unpaired) electrons. The summed E-state index contributed by atoms with van der Waals surface area (Å²) in [6, 6.07) is 13.8. The van der Waals surface area contributed by atoms with Crippen LogP contribution in [0.4, 0.5) is 0 Å². The summed E-state index contributed by atoms with van der Waals surface area (Å²) in [6.07, 6.45) is -0.493. The second-order valence-electron chi connectivity index (χ2n) is 7.80. The van der Waals surface area contributed by atoms with E-state index in [1.807, 2.05) is 30.3 Å². The lowest BCUT2D eigenvalue weighted by atomic mass is 10.1. The van der Waals surface area contributed by atoms with Gasteiger partial charge in [-0.15, -0.1) is 0 Å². The Balaban J connectivity index is 1.08. The number of hydrogen-bond acceptors (Lipinski definition) is 7. The molecular formula is C23H29BrN2O5. The molecule has 2 aliphatic heterocycles. The van der Waals surface area contributed by atoms with E-state index in [-0.39, 0.29) is 0 Å². The van der Waals surface area contributed by atoms with E-state index in [0.717, 1.165) is 54.4 Å². The van der Waals surface area contributed by atoms with Gasteiger partial charge in [0.25, 0.3) is 0 Å². The summed E-state index contributed by atoms with van der Waals surface area (Å²) in [5.74, 6) is 2.47. The van der Waals surface area contributed by atoms with Crippen molar-refractivity contribution < 1.29 is 24.1 Å². The number of aliphatic hydroxyl groups is 1. The predicted octanol–water partition coefficient (Wildman–Crippen LogP) is 2.75. The third-order valence-corrected chi connectivity index (χ3v) is 5.93. The molecule has 2 aliphatic rings. The highest BCUT2D eigenvalue weighted by molar-refractivity contribution is 9.10. The first-order valence-corrected chi connectivity index (χ1v) is 11.4. The van der Waals surface area contributed by atoms with E-state index in [1.165, 1.54) is 5.56 Å². The molecule has 31 heavy (non-hydrogen) atoms. The highest BCUT2D eigenvalue weighted by atomic mass is 79.9. The molecule has 1 atom stereocenters. The van der Waals surface area contributed by atoms with Crippen molar-refractivity contribution in [2.24, 2.45) is 0 Å². The number of aliphatic hydroxyl groups excluding tert-OH is 1. The van der Waals surface area contributed by atoms with Crippen molar-refractivity contribution in [3.63, 3.8) is 0 Å². The third kappa shape index (κ3) is 6.82. The number of piperazine rings is 1. The fourth-order valence-electron chi connectivity index (χ4n) is 3.75. The molecule has 1 N–H and O–H groups in total. The number of benzene rings is 2. The van der Waals surface area contributed by atoms with Crippen molar-refractivity contribution in [1.82, 2.24) is 9.80 Å². The van der Waals surface area contributed by atoms with E-state index in [9.17, 15) is 5.11 Å². The standard InChI is InChI=1S/C23H29BrN2O5/c24-19-2-4-21(5-3-19)29-12-11-28-16-20(27)15-26-9-7-25(8-10-26)14-18-1-6-22-23(13-18)31-17-30-22/h1-6,13,20,27H,7-12,14-17H2/t20-/m1/s1. The zero-order valence-electron chi connectivity index (χ0n) is 17.5. The fraction of sp³-hybridized carbons (Fsp3) is 0.478. The van der Waals surface area contributed by atoms with Gasteiger partial charge in [0.1, 0.15) is 12.4 Å². The molecule has 0 unspecified atom stereocenters. The van der Waals surface area contributed by atoms with Gasteiger partial charge in [-0.3, -0.25) is 9.80 Å². The Kier molecular flexibility index (Phi) is 8.04. The molecule has 0 aliphatic carbocycles. The first kappa shape index (κ1) is 22.4. The second-order valence-corrected chi connectivity index (χ2v) is 8.71. The van der Waals surface area contributed by atoms with Crippen LogP contribution in [-0.4, -0.2) is 80.3 Å². The highest BCUT2D eigenvalue weighted by Crippen LogP contribution is 2.32. The zero-order chi connectivity index (χ0) is 21.5. The molecule has 0 aromatic heterocycles. The van der Waals surface area contributed by atoms with Crippen molar-refractivity contribution >= 4 is 15.9 Å². The summed E-state index contributed by atoms with van der Waals surface area (Å²) in [4.78, 5) is 4.72. The lowest BCUT2D eigenvalue weighted by Crippen LogP contribution is -2.48. The van der Waals surface area contributed by atoms with Gasteiger partial charge in [0.2, 0.25) is 6.79 Å². The number of hydrogen-bond donors (Lipinski definition) is 1. The predicted molar refractivity (Wildman–Crippen MR) is 121 cm³/mol. The number of fused-ring (bicyclic) bond motifs is 1. The number of ether oxygens (including phenoxy) is 4. The summed E-state index contributed by atoms with van der Waals surface area (Å²) in [6.45, 7) is 6.90. The second kappa shape index (κ2) is 11.2. The normalized spacial score (nSPS) is 17.6. The van der Waals surface area contributed by atoms with E-state index in [0.29, 0.717) is 33.2 Å². The number of nitrogens with zero attached hydrogens (tertiary/aromatic N) is 2. The van der Waals surface area contributed by atoms with Crippen LogP contribution >= 0.6 is 15.9 Å². The molecule has 168 valence electrons. The summed E-state index contributed by atoms with van der Waals surface area (Å²) >= 11 is 3.40. The molecular weight excluding hydrogens is 464 g/mol. The van der Waals surface area contributed by atoms with Crippen molar-refractivity contribution in [3.05, 3.63) is 52.5 Å². The summed E-state index contributed by atoms with van der Waals surface area (Å²) in [5, 5.41) is 10.3. The van der Waals surface area contributed by atoms with Crippen molar-refractivity contribution in [2.45, 2.75) is 12.6 Å². The molecule has 7 nitrogen and oxygen atoms in total. The fourth-order valence-corrected chi connectivity index (χ4v) is 4.01. The van der Waals surface area contributed by atoms with Crippen molar-refractivity contribution in [1.29, 1.82) is 0 Å². The molecule has 0 amide bonds. The molecule has 0 spiro atoms. The summed E-state index contributed by atoms with van der Waals surface area (Å²) < 4.78 is 23.1. The van der Waals surface area contributed by atoms with E-state index >= 15 is 0 Å². The van der Waals surface area contributed by atoms with Crippen molar-refractivity contribution in [2.75, 3.05) is 59.3 Å². The Bertz CT molecular complexity index is 827. The van der Waals surface area contributed by atoms with Gasteiger partial charge in [-0.2, -0.15) is 0 Å². The average molecular weight is 493 g/mol. The quantitative estimate of drug-likeness (QED) is 0.511. The average Bonchev–Trinajstić information content (AvgIpc) is 3.24. The number of rotatable bonds is 10. The maximum Gasteiger partial charge on any atom is 0.231 e. The first-order valence-electron chi connectivity index (χ1n) is 10.6. The molecule has 1 fully saturated rings. The molecule has 2 heterocycles. The summed E-state index contributed by atoms with van der Waals surface area (Å²) in [5.41, 5.74) is 1.23. The van der Waals surface area contributed by atoms with Crippen molar-refractivity contribution in [3.8, 4) is 17.2 Å². The van der Waals surface area contributed by atoms with E-state index in [4.69, 9.17) is 18.9 Å². The maximum absolute atomic E-state index is 10.3. The smallest absolute Gasteiger partial charge is 0.231 e. The molecule has 1 saturated heterocycles. The molecule has 4 rings (SSSR count). The zero-order valence-corrected chi connectivity index (χ0v) is 19.1. The van der Waals surface area contributed by atoms with Crippen LogP contribution in [0.15, 0.2) is 46.9 Å². The number of halogens is 1. The Hall–Kier alpha value is -1.84. The highest BCUT2D eigenvalue weighted by Gasteiger charge is 2.20. The lowest BCUT2D eigenvalue weighted by Gasteiger charge is -2.35. The van der Waals surface area contributed by atoms with Crippen LogP contribution in [0.25, 0.3) is 0 Å². The molecule has 2 aromatic carbocycles. The topological polar surface area (TPSA) is 63.6 Å². The van der Waals surface area contributed by atoms with E-state index in [2.05, 4.69) is 37.9 Å². The Morgan fingerprint density at radius 2 is 1.68 bits per heavy atom. The SMILES string of the molecule is O[C@@H](COCCOc1ccc(Br)cc1)CN1CCN(Cc2ccc3c(c2)OCO3)CC1. The Morgan fingerprint density at radius 3 is 2.48 bits per heavy atom. The van der Waals surface area contributed by atoms with Crippen LogP contribution in [0.1, 0.15) is 5.56 Å². The third-order valence-electron chi connectivity index (χ3n) is 5.40. The minimum Gasteiger partial charge on any atom is -0.491 e.